The largest absolute Gasteiger partial charge is 0.356 e. The van der Waals surface area contributed by atoms with Crippen molar-refractivity contribution in [2.45, 2.75) is 65.3 Å². The fraction of sp³-hybridized carbons (Fsp3) is 0.778. The predicted molar refractivity (Wildman–Crippen MR) is 96.7 cm³/mol. The maximum Gasteiger partial charge on any atom is 0.191 e. The molecule has 0 saturated heterocycles. The van der Waals surface area contributed by atoms with Crippen molar-refractivity contribution in [3.05, 3.63) is 17.0 Å². The third-order valence-corrected chi connectivity index (χ3v) is 5.10. The molecule has 0 aliphatic heterocycles. The fourth-order valence-corrected chi connectivity index (χ4v) is 3.45. The highest BCUT2D eigenvalue weighted by Crippen LogP contribution is 2.21. The van der Waals surface area contributed by atoms with Gasteiger partial charge in [-0.25, -0.2) is 0 Å². The molecule has 0 spiro atoms. The molecule has 1 saturated carbocycles. The van der Waals surface area contributed by atoms with E-state index in [9.17, 15) is 0 Å². The Balaban J connectivity index is 1.81. The zero-order valence-electron chi connectivity index (χ0n) is 15.3. The molecule has 2 rings (SSSR count). The average molecular weight is 319 g/mol. The van der Waals surface area contributed by atoms with E-state index < -0.39 is 0 Å². The Morgan fingerprint density at radius 3 is 2.35 bits per heavy atom. The van der Waals surface area contributed by atoms with Crippen LogP contribution in [0.2, 0.25) is 0 Å². The van der Waals surface area contributed by atoms with Crippen molar-refractivity contribution in [3.63, 3.8) is 0 Å². The fourth-order valence-electron chi connectivity index (χ4n) is 3.45. The Hall–Kier alpha value is -1.52. The van der Waals surface area contributed by atoms with Crippen molar-refractivity contribution in [1.82, 2.24) is 20.4 Å². The van der Waals surface area contributed by atoms with Crippen molar-refractivity contribution in [2.75, 3.05) is 13.6 Å². The second kappa shape index (κ2) is 8.94. The number of aromatic nitrogens is 2. The molecular formula is C18H33N5. The van der Waals surface area contributed by atoms with Gasteiger partial charge >= 0.3 is 0 Å². The molecular weight excluding hydrogens is 286 g/mol. The topological polar surface area (TPSA) is 54.2 Å². The van der Waals surface area contributed by atoms with E-state index in [2.05, 4.69) is 34.6 Å². The minimum absolute atomic E-state index is 0.774. The first-order valence-corrected chi connectivity index (χ1v) is 9.05. The molecule has 0 bridgehead atoms. The molecule has 0 aromatic carbocycles. The quantitative estimate of drug-likeness (QED) is 0.662. The van der Waals surface area contributed by atoms with Gasteiger partial charge in [-0.2, -0.15) is 5.10 Å². The molecule has 0 unspecified atom stereocenters. The van der Waals surface area contributed by atoms with Gasteiger partial charge < -0.3 is 10.6 Å². The first-order chi connectivity index (χ1) is 11.1. The van der Waals surface area contributed by atoms with Crippen LogP contribution in [-0.2, 0) is 13.6 Å². The van der Waals surface area contributed by atoms with Gasteiger partial charge in [-0.15, -0.1) is 0 Å². The zero-order chi connectivity index (χ0) is 16.7. The Morgan fingerprint density at radius 2 is 1.78 bits per heavy atom. The van der Waals surface area contributed by atoms with Crippen LogP contribution in [0.5, 0.6) is 0 Å². The third-order valence-electron chi connectivity index (χ3n) is 5.10. The van der Waals surface area contributed by atoms with Gasteiger partial charge in [-0.1, -0.05) is 32.1 Å². The van der Waals surface area contributed by atoms with Gasteiger partial charge in [-0.3, -0.25) is 9.67 Å². The monoisotopic (exact) mass is 319 g/mol. The number of hydrogen-bond acceptors (Lipinski definition) is 2. The van der Waals surface area contributed by atoms with Gasteiger partial charge in [0.15, 0.2) is 5.96 Å². The lowest BCUT2D eigenvalue weighted by molar-refractivity contribution is 0.375. The molecule has 1 fully saturated rings. The minimum Gasteiger partial charge on any atom is -0.356 e. The summed E-state index contributed by atoms with van der Waals surface area (Å²) in [5.74, 6) is 1.69. The van der Waals surface area contributed by atoms with Crippen LogP contribution >= 0.6 is 0 Å². The second-order valence-electron chi connectivity index (χ2n) is 6.79. The van der Waals surface area contributed by atoms with Crippen molar-refractivity contribution in [3.8, 4) is 0 Å². The van der Waals surface area contributed by atoms with Crippen LogP contribution < -0.4 is 10.6 Å². The predicted octanol–water partition coefficient (Wildman–Crippen LogP) is 3.06. The van der Waals surface area contributed by atoms with Gasteiger partial charge in [0, 0.05) is 38.4 Å². The minimum atomic E-state index is 0.774. The Kier molecular flexibility index (Phi) is 6.93. The molecule has 1 aromatic rings. The first kappa shape index (κ1) is 17.8. The van der Waals surface area contributed by atoms with E-state index in [1.807, 2.05) is 18.8 Å². The lowest BCUT2D eigenvalue weighted by atomic mass is 9.91. The number of aliphatic imine (C=N–C) groups is 1. The molecule has 0 atom stereocenters. The smallest absolute Gasteiger partial charge is 0.191 e. The van der Waals surface area contributed by atoms with Crippen molar-refractivity contribution in [2.24, 2.45) is 18.0 Å². The van der Waals surface area contributed by atoms with Crippen molar-refractivity contribution >= 4 is 5.96 Å². The highest BCUT2D eigenvalue weighted by atomic mass is 15.3. The Bertz CT molecular complexity index is 510. The van der Waals surface area contributed by atoms with Crippen LogP contribution in [0.4, 0.5) is 0 Å². The summed E-state index contributed by atoms with van der Waals surface area (Å²) < 4.78 is 1.94. The molecule has 0 radical (unpaired) electrons. The van der Waals surface area contributed by atoms with Crippen molar-refractivity contribution < 1.29 is 0 Å². The molecule has 5 nitrogen and oxygen atoms in total. The van der Waals surface area contributed by atoms with Crippen LogP contribution in [-0.4, -0.2) is 29.3 Å². The summed E-state index contributed by atoms with van der Waals surface area (Å²) in [5.41, 5.74) is 3.57. The summed E-state index contributed by atoms with van der Waals surface area (Å²) in [7, 11) is 3.84. The second-order valence-corrected chi connectivity index (χ2v) is 6.79. The first-order valence-electron chi connectivity index (χ1n) is 9.05. The normalized spacial score (nSPS) is 17.7. The Morgan fingerprint density at radius 1 is 1.13 bits per heavy atom. The number of hydrogen-bond donors (Lipinski definition) is 2. The highest BCUT2D eigenvalue weighted by molar-refractivity contribution is 5.79. The van der Waals surface area contributed by atoms with Gasteiger partial charge in [0.2, 0.25) is 0 Å². The van der Waals surface area contributed by atoms with E-state index in [4.69, 9.17) is 0 Å². The molecule has 2 N–H and O–H groups in total. The lowest BCUT2D eigenvalue weighted by Gasteiger charge is -2.21. The summed E-state index contributed by atoms with van der Waals surface area (Å²) in [5, 5.41) is 11.4. The molecule has 1 aromatic heterocycles. The summed E-state index contributed by atoms with van der Waals surface area (Å²) in [6.07, 6.45) is 9.70. The van der Waals surface area contributed by atoms with Gasteiger partial charge in [-0.05, 0) is 32.6 Å². The molecule has 5 heteroatoms. The number of nitrogens with zero attached hydrogens (tertiary/aromatic N) is 3. The Labute approximate surface area is 141 Å². The summed E-state index contributed by atoms with van der Waals surface area (Å²) in [4.78, 5) is 4.36. The summed E-state index contributed by atoms with van der Waals surface area (Å²) >= 11 is 0. The van der Waals surface area contributed by atoms with Gasteiger partial charge in [0.05, 0.1) is 5.69 Å². The summed E-state index contributed by atoms with van der Waals surface area (Å²) in [6.45, 7) is 5.98. The van der Waals surface area contributed by atoms with E-state index in [1.54, 1.807) is 0 Å². The lowest BCUT2D eigenvalue weighted by Crippen LogP contribution is -2.39. The van der Waals surface area contributed by atoms with Crippen LogP contribution in [0.1, 0.15) is 61.9 Å². The van der Waals surface area contributed by atoms with E-state index in [0.29, 0.717) is 0 Å². The van der Waals surface area contributed by atoms with Crippen LogP contribution in [0.3, 0.4) is 0 Å². The van der Waals surface area contributed by atoms with Crippen LogP contribution in [0, 0.1) is 19.8 Å². The van der Waals surface area contributed by atoms with Crippen molar-refractivity contribution in [1.29, 1.82) is 0 Å². The molecule has 1 aliphatic rings. The maximum atomic E-state index is 4.47. The average Bonchev–Trinajstić information content (AvgIpc) is 2.74. The summed E-state index contributed by atoms with van der Waals surface area (Å²) in [6, 6.07) is 0. The number of guanidine groups is 1. The maximum absolute atomic E-state index is 4.47. The highest BCUT2D eigenvalue weighted by Gasteiger charge is 2.13. The third kappa shape index (κ3) is 5.26. The van der Waals surface area contributed by atoms with E-state index in [1.165, 1.54) is 56.2 Å². The molecule has 23 heavy (non-hydrogen) atoms. The van der Waals surface area contributed by atoms with E-state index in [-0.39, 0.29) is 0 Å². The SMILES string of the molecule is CN=C(NCc1c(C)nn(C)c1C)NCC1CCCCCCC1. The van der Waals surface area contributed by atoms with E-state index in [0.717, 1.165) is 30.7 Å². The number of rotatable bonds is 4. The molecule has 1 aliphatic carbocycles. The number of aryl methyl sites for hydroxylation is 2. The van der Waals surface area contributed by atoms with Gasteiger partial charge in [0.25, 0.3) is 0 Å². The zero-order valence-corrected chi connectivity index (χ0v) is 15.3. The standard InChI is InChI=1S/C18H33N5/c1-14-17(15(2)23(4)22-14)13-21-18(19-3)20-12-16-10-8-6-5-7-9-11-16/h16H,5-13H2,1-4H3,(H2,19,20,21). The van der Waals surface area contributed by atoms with E-state index >= 15 is 0 Å². The number of nitrogens with one attached hydrogen (secondary N) is 2. The molecule has 0 amide bonds. The van der Waals surface area contributed by atoms with Gasteiger partial charge in [0.1, 0.15) is 0 Å². The molecule has 130 valence electrons. The van der Waals surface area contributed by atoms with Crippen LogP contribution in [0.15, 0.2) is 4.99 Å². The van der Waals surface area contributed by atoms with Crippen LogP contribution in [0.25, 0.3) is 0 Å². The molecule has 1 heterocycles.